The van der Waals surface area contributed by atoms with E-state index in [4.69, 9.17) is 23.2 Å². The first-order chi connectivity index (χ1) is 18.1. The Kier molecular flexibility index (Phi) is 6.30. The summed E-state index contributed by atoms with van der Waals surface area (Å²) >= 11 is 13.8. The van der Waals surface area contributed by atoms with Crippen LogP contribution in [0.15, 0.2) is 118 Å². The van der Waals surface area contributed by atoms with Gasteiger partial charge in [0.2, 0.25) is 5.16 Å². The number of H-pyrrole nitrogens is 1. The summed E-state index contributed by atoms with van der Waals surface area (Å²) in [6.07, 6.45) is 0. The SMILES string of the molecule is O=c1[nH]c2ccccc2c(-c2ccccc2)c1Sc1nnc(-c2ccc(Cl)c(Cl)c2)n1-c1ccccc1. The molecular formula is C29H18Cl2N4OS. The van der Waals surface area contributed by atoms with E-state index >= 15 is 0 Å². The Morgan fingerprint density at radius 3 is 2.19 bits per heavy atom. The van der Waals surface area contributed by atoms with E-state index in [1.165, 1.54) is 11.8 Å². The Morgan fingerprint density at radius 1 is 0.730 bits per heavy atom. The summed E-state index contributed by atoms with van der Waals surface area (Å²) in [4.78, 5) is 17.0. The van der Waals surface area contributed by atoms with Crippen molar-refractivity contribution >= 4 is 45.9 Å². The Bertz CT molecular complexity index is 1800. The fourth-order valence-electron chi connectivity index (χ4n) is 4.27. The number of rotatable bonds is 5. The van der Waals surface area contributed by atoms with E-state index < -0.39 is 0 Å². The number of fused-ring (bicyclic) bond motifs is 1. The fraction of sp³-hybridized carbons (Fsp3) is 0. The topological polar surface area (TPSA) is 63.6 Å². The molecule has 1 N–H and O–H groups in total. The lowest BCUT2D eigenvalue weighted by Crippen LogP contribution is -2.11. The maximum atomic E-state index is 13.5. The molecule has 0 radical (unpaired) electrons. The number of nitrogens with one attached hydrogen (secondary N) is 1. The highest BCUT2D eigenvalue weighted by Gasteiger charge is 2.22. The number of pyridine rings is 1. The van der Waals surface area contributed by atoms with Gasteiger partial charge >= 0.3 is 0 Å². The lowest BCUT2D eigenvalue weighted by atomic mass is 10.0. The summed E-state index contributed by atoms with van der Waals surface area (Å²) in [5, 5.41) is 11.4. The number of benzene rings is 4. The van der Waals surface area contributed by atoms with Crippen LogP contribution in [0.1, 0.15) is 0 Å². The number of nitrogens with zero attached hydrogens (tertiary/aromatic N) is 3. The third-order valence-corrected chi connectivity index (χ3v) is 7.74. The highest BCUT2D eigenvalue weighted by Crippen LogP contribution is 2.39. The van der Waals surface area contributed by atoms with Crippen molar-refractivity contribution in [3.63, 3.8) is 0 Å². The molecule has 180 valence electrons. The molecule has 0 atom stereocenters. The molecule has 4 aromatic carbocycles. The molecule has 0 saturated heterocycles. The van der Waals surface area contributed by atoms with Crippen LogP contribution in [0.25, 0.3) is 39.1 Å². The molecule has 6 rings (SSSR count). The standard InChI is InChI=1S/C29H18Cl2N4OS/c30-22-16-15-19(17-23(22)31)27-33-34-29(35(27)20-11-5-2-6-12-20)37-26-25(18-9-3-1-4-10-18)21-13-7-8-14-24(21)32-28(26)36/h1-17H,(H,32,36). The van der Waals surface area contributed by atoms with Crippen LogP contribution in [0.2, 0.25) is 10.0 Å². The second-order valence-electron chi connectivity index (χ2n) is 8.28. The minimum atomic E-state index is -0.193. The largest absolute Gasteiger partial charge is 0.321 e. The number of hydrogen-bond acceptors (Lipinski definition) is 4. The Balaban J connectivity index is 1.58. The van der Waals surface area contributed by atoms with Crippen molar-refractivity contribution in [2.24, 2.45) is 0 Å². The summed E-state index contributed by atoms with van der Waals surface area (Å²) in [6, 6.07) is 32.8. The molecule has 2 heterocycles. The lowest BCUT2D eigenvalue weighted by molar-refractivity contribution is 0.885. The van der Waals surface area contributed by atoms with Gasteiger partial charge in [-0.2, -0.15) is 0 Å². The van der Waals surface area contributed by atoms with Crippen LogP contribution in [0.4, 0.5) is 0 Å². The van der Waals surface area contributed by atoms with Crippen LogP contribution in [-0.4, -0.2) is 19.7 Å². The zero-order valence-corrected chi connectivity index (χ0v) is 21.6. The van der Waals surface area contributed by atoms with Gasteiger partial charge in [-0.05, 0) is 53.7 Å². The molecule has 0 fully saturated rings. The highest BCUT2D eigenvalue weighted by atomic mass is 35.5. The first-order valence-corrected chi connectivity index (χ1v) is 13.0. The lowest BCUT2D eigenvalue weighted by Gasteiger charge is -2.14. The average Bonchev–Trinajstić information content (AvgIpc) is 3.35. The number of aromatic amines is 1. The van der Waals surface area contributed by atoms with Gasteiger partial charge in [0.15, 0.2) is 5.82 Å². The van der Waals surface area contributed by atoms with E-state index in [0.29, 0.717) is 25.9 Å². The summed E-state index contributed by atoms with van der Waals surface area (Å²) in [7, 11) is 0. The van der Waals surface area contributed by atoms with Gasteiger partial charge in [-0.1, -0.05) is 89.9 Å². The quantitative estimate of drug-likeness (QED) is 0.241. The monoisotopic (exact) mass is 540 g/mol. The van der Waals surface area contributed by atoms with Gasteiger partial charge in [0.05, 0.1) is 14.9 Å². The maximum Gasteiger partial charge on any atom is 0.263 e. The molecule has 8 heteroatoms. The van der Waals surface area contributed by atoms with Crippen LogP contribution in [0.3, 0.4) is 0 Å². The number of aromatic nitrogens is 4. The van der Waals surface area contributed by atoms with Gasteiger partial charge in [0.25, 0.3) is 5.56 Å². The predicted molar refractivity (Wildman–Crippen MR) is 151 cm³/mol. The Morgan fingerprint density at radius 2 is 1.43 bits per heavy atom. The van der Waals surface area contributed by atoms with Crippen molar-refractivity contribution < 1.29 is 0 Å². The van der Waals surface area contributed by atoms with Crippen molar-refractivity contribution in [3.05, 3.63) is 124 Å². The molecule has 0 aliphatic rings. The first-order valence-electron chi connectivity index (χ1n) is 11.4. The zero-order chi connectivity index (χ0) is 25.4. The van der Waals surface area contributed by atoms with E-state index in [1.807, 2.05) is 95.6 Å². The van der Waals surface area contributed by atoms with E-state index in [-0.39, 0.29) is 5.56 Å². The number of hydrogen-bond donors (Lipinski definition) is 1. The van der Waals surface area contributed by atoms with E-state index in [9.17, 15) is 4.79 Å². The normalized spacial score (nSPS) is 11.2. The second-order valence-corrected chi connectivity index (χ2v) is 10.1. The van der Waals surface area contributed by atoms with Gasteiger partial charge in [-0.3, -0.25) is 9.36 Å². The summed E-state index contributed by atoms with van der Waals surface area (Å²) in [5.41, 5.74) is 3.99. The Hall–Kier alpha value is -3.84. The van der Waals surface area contributed by atoms with Crippen LogP contribution in [-0.2, 0) is 0 Å². The molecule has 0 bridgehead atoms. The molecule has 0 aliphatic heterocycles. The number of para-hydroxylation sites is 2. The molecule has 0 saturated carbocycles. The molecule has 2 aromatic heterocycles. The summed E-state index contributed by atoms with van der Waals surface area (Å²) in [5.74, 6) is 0.589. The van der Waals surface area contributed by atoms with Gasteiger partial charge < -0.3 is 4.98 Å². The molecule has 0 amide bonds. The fourth-order valence-corrected chi connectivity index (χ4v) is 5.59. The summed E-state index contributed by atoms with van der Waals surface area (Å²) in [6.45, 7) is 0. The molecule has 6 aromatic rings. The molecule has 5 nitrogen and oxygen atoms in total. The average molecular weight is 541 g/mol. The van der Waals surface area contributed by atoms with Gasteiger partial charge in [0.1, 0.15) is 0 Å². The third kappa shape index (κ3) is 4.44. The predicted octanol–water partition coefficient (Wildman–Crippen LogP) is 7.90. The first kappa shape index (κ1) is 23.6. The zero-order valence-electron chi connectivity index (χ0n) is 19.2. The van der Waals surface area contributed by atoms with E-state index in [1.54, 1.807) is 12.1 Å². The Labute approximate surface area is 226 Å². The highest BCUT2D eigenvalue weighted by molar-refractivity contribution is 7.99. The van der Waals surface area contributed by atoms with Crippen molar-refractivity contribution in [2.75, 3.05) is 0 Å². The van der Waals surface area contributed by atoms with E-state index in [2.05, 4.69) is 15.2 Å². The van der Waals surface area contributed by atoms with Gasteiger partial charge in [-0.25, -0.2) is 0 Å². The minimum Gasteiger partial charge on any atom is -0.321 e. The smallest absolute Gasteiger partial charge is 0.263 e. The van der Waals surface area contributed by atoms with Crippen molar-refractivity contribution in [3.8, 4) is 28.2 Å². The molecular weight excluding hydrogens is 523 g/mol. The number of halogens is 2. The van der Waals surface area contributed by atoms with E-state index in [0.717, 1.165) is 33.3 Å². The summed E-state index contributed by atoms with van der Waals surface area (Å²) < 4.78 is 1.92. The van der Waals surface area contributed by atoms with Crippen LogP contribution < -0.4 is 5.56 Å². The van der Waals surface area contributed by atoms with Gasteiger partial charge in [0, 0.05) is 27.7 Å². The van der Waals surface area contributed by atoms with Crippen molar-refractivity contribution in [2.45, 2.75) is 10.1 Å². The van der Waals surface area contributed by atoms with Crippen molar-refractivity contribution in [1.82, 2.24) is 19.7 Å². The van der Waals surface area contributed by atoms with Gasteiger partial charge in [-0.15, -0.1) is 10.2 Å². The molecule has 0 aliphatic carbocycles. The van der Waals surface area contributed by atoms with Crippen LogP contribution in [0, 0.1) is 0 Å². The molecule has 0 unspecified atom stereocenters. The van der Waals surface area contributed by atoms with Crippen LogP contribution >= 0.6 is 35.0 Å². The van der Waals surface area contributed by atoms with Crippen molar-refractivity contribution in [1.29, 1.82) is 0 Å². The minimum absolute atomic E-state index is 0.193. The molecule has 37 heavy (non-hydrogen) atoms. The third-order valence-electron chi connectivity index (χ3n) is 5.96. The maximum absolute atomic E-state index is 13.5. The van der Waals surface area contributed by atoms with Crippen LogP contribution in [0.5, 0.6) is 0 Å². The molecule has 0 spiro atoms. The second kappa shape index (κ2) is 9.90.